The van der Waals surface area contributed by atoms with Crippen molar-refractivity contribution in [3.63, 3.8) is 0 Å². The lowest BCUT2D eigenvalue weighted by Gasteiger charge is -2.20. The van der Waals surface area contributed by atoms with Crippen LogP contribution in [0, 0.1) is 5.82 Å². The van der Waals surface area contributed by atoms with Crippen molar-refractivity contribution in [3.8, 4) is 0 Å². The summed E-state index contributed by atoms with van der Waals surface area (Å²) in [5, 5.41) is 8.90. The van der Waals surface area contributed by atoms with Gasteiger partial charge in [-0.15, -0.1) is 0 Å². The largest absolute Gasteiger partial charge is 0.756 e. The van der Waals surface area contributed by atoms with Gasteiger partial charge in [-0.25, -0.2) is 9.37 Å². The van der Waals surface area contributed by atoms with E-state index in [9.17, 15) is 18.6 Å². The molecule has 0 fully saturated rings. The first kappa shape index (κ1) is 22.1. The van der Waals surface area contributed by atoms with Crippen LogP contribution in [0.4, 0.5) is 4.39 Å². The lowest BCUT2D eigenvalue weighted by molar-refractivity contribution is -0.223. The van der Waals surface area contributed by atoms with Gasteiger partial charge in [-0.1, -0.05) is 18.2 Å². The van der Waals surface area contributed by atoms with Crippen molar-refractivity contribution in [2.75, 3.05) is 13.3 Å². The Labute approximate surface area is 182 Å². The van der Waals surface area contributed by atoms with Crippen molar-refractivity contribution in [2.45, 2.75) is 12.5 Å². The number of rotatable bonds is 7. The molecule has 4 rings (SSSR count). The zero-order valence-corrected chi connectivity index (χ0v) is 17.9. The molecule has 1 aliphatic rings. The Kier molecular flexibility index (Phi) is 6.07. The van der Waals surface area contributed by atoms with E-state index in [2.05, 4.69) is 19.9 Å². The Bertz CT molecular complexity index is 1240. The van der Waals surface area contributed by atoms with Crippen LogP contribution in [0.15, 0.2) is 47.6 Å². The molecule has 0 spiro atoms. The Morgan fingerprint density at radius 2 is 2.16 bits per heavy atom. The average Bonchev–Trinajstić information content (AvgIpc) is 3.36. The third kappa shape index (κ3) is 4.86. The molecule has 1 aliphatic heterocycles. The summed E-state index contributed by atoms with van der Waals surface area (Å²) in [5.74, 6) is -0.959. The molecule has 2 unspecified atom stereocenters. The Balaban J connectivity index is 1.47. The summed E-state index contributed by atoms with van der Waals surface area (Å²) in [4.78, 5) is 36.7. The van der Waals surface area contributed by atoms with Gasteiger partial charge in [0.15, 0.2) is 0 Å². The molecule has 2 aromatic heterocycles. The molecule has 3 heterocycles. The summed E-state index contributed by atoms with van der Waals surface area (Å²) < 4.78 is 30.5. The second kappa shape index (κ2) is 8.79. The summed E-state index contributed by atoms with van der Waals surface area (Å²) in [7, 11) is -3.11. The average molecular weight is 460 g/mol. The molecule has 10 nitrogen and oxygen atoms in total. The molecule has 0 saturated carbocycles. The summed E-state index contributed by atoms with van der Waals surface area (Å²) in [6.07, 6.45) is 1.61. The van der Waals surface area contributed by atoms with Crippen molar-refractivity contribution in [1.29, 1.82) is 0 Å². The quantitative estimate of drug-likeness (QED) is 0.510. The van der Waals surface area contributed by atoms with Crippen molar-refractivity contribution in [3.05, 3.63) is 65.2 Å². The molecule has 168 valence electrons. The van der Waals surface area contributed by atoms with Crippen molar-refractivity contribution < 1.29 is 28.1 Å². The number of halogens is 1. The minimum absolute atomic E-state index is 0.0618. The minimum Gasteiger partial charge on any atom is -0.756 e. The molecular weight excluding hydrogens is 440 g/mol. The number of fused-ring (bicyclic) bond motifs is 1. The topological polar surface area (TPSA) is 132 Å². The fourth-order valence-corrected chi connectivity index (χ4v) is 3.72. The maximum Gasteiger partial charge on any atom is 0.268 e. The summed E-state index contributed by atoms with van der Waals surface area (Å²) in [6, 6.07) is 11.6. The number of carbonyl (C=O) groups excluding carboxylic acids is 1. The van der Waals surface area contributed by atoms with Gasteiger partial charge in [-0.2, -0.15) is 5.10 Å². The molecule has 3 aromatic rings. The second-order valence-corrected chi connectivity index (χ2v) is 8.49. The number of hydrazone groups is 1. The Hall–Kier alpha value is -3.11. The fourth-order valence-electron chi connectivity index (χ4n) is 3.44. The zero-order valence-electron chi connectivity index (χ0n) is 17.0. The molecule has 0 radical (unpaired) electrons. The van der Waals surface area contributed by atoms with Crippen LogP contribution in [0.2, 0.25) is 0 Å². The normalized spacial score (nSPS) is 17.6. The van der Waals surface area contributed by atoms with Gasteiger partial charge in [0.2, 0.25) is 0 Å². The van der Waals surface area contributed by atoms with Crippen molar-refractivity contribution >= 4 is 31.0 Å². The lowest BCUT2D eigenvalue weighted by Crippen LogP contribution is -2.25. The number of hydrogen-bond donors (Lipinski definition) is 2. The first-order chi connectivity index (χ1) is 15.2. The van der Waals surface area contributed by atoms with Crippen molar-refractivity contribution in [2.24, 2.45) is 12.1 Å². The van der Waals surface area contributed by atoms with E-state index in [4.69, 9.17) is 4.89 Å². The number of nitrogens with one attached hydrogen (secondary N) is 1. The van der Waals surface area contributed by atoms with Crippen LogP contribution in [0.3, 0.4) is 0 Å². The molecule has 12 heteroatoms. The van der Waals surface area contributed by atoms with Gasteiger partial charge in [0.25, 0.3) is 13.7 Å². The molecule has 0 saturated heterocycles. The summed E-state index contributed by atoms with van der Waals surface area (Å²) >= 11 is 0. The summed E-state index contributed by atoms with van der Waals surface area (Å²) in [6.45, 7) is -0.0196. The van der Waals surface area contributed by atoms with Crippen molar-refractivity contribution in [1.82, 2.24) is 19.9 Å². The van der Waals surface area contributed by atoms with Gasteiger partial charge >= 0.3 is 0 Å². The highest BCUT2D eigenvalue weighted by molar-refractivity contribution is 7.44. The van der Waals surface area contributed by atoms with E-state index in [0.717, 1.165) is 5.39 Å². The lowest BCUT2D eigenvalue weighted by atomic mass is 10.1. The predicted octanol–water partition coefficient (Wildman–Crippen LogP) is 1.46. The predicted molar refractivity (Wildman–Crippen MR) is 112 cm³/mol. The third-order valence-electron chi connectivity index (χ3n) is 5.10. The van der Waals surface area contributed by atoms with Crippen LogP contribution < -0.4 is 10.2 Å². The van der Waals surface area contributed by atoms with Crippen LogP contribution in [0.25, 0.3) is 11.0 Å². The van der Waals surface area contributed by atoms with Gasteiger partial charge in [-0.3, -0.25) is 18.9 Å². The molecule has 1 amide bonds. The molecule has 0 aliphatic carbocycles. The van der Waals surface area contributed by atoms with Gasteiger partial charge in [-0.05, 0) is 24.3 Å². The summed E-state index contributed by atoms with van der Waals surface area (Å²) in [5.41, 5.74) is 2.03. The maximum absolute atomic E-state index is 13.8. The number of aryl methyl sites for hydroxylation is 1. The monoisotopic (exact) mass is 460 g/mol. The number of hydrogen-bond acceptors (Lipinski definition) is 7. The fraction of sp³-hybridized carbons (Fsp3) is 0.250. The van der Waals surface area contributed by atoms with E-state index < -0.39 is 14.6 Å². The number of aromatic nitrogens is 2. The van der Waals surface area contributed by atoms with E-state index in [1.165, 1.54) is 11.1 Å². The van der Waals surface area contributed by atoms with Gasteiger partial charge in [0.1, 0.15) is 23.9 Å². The van der Waals surface area contributed by atoms with Crippen LogP contribution in [0.5, 0.6) is 0 Å². The highest BCUT2D eigenvalue weighted by Crippen LogP contribution is 2.31. The van der Waals surface area contributed by atoms with Gasteiger partial charge < -0.3 is 19.7 Å². The first-order valence-corrected chi connectivity index (χ1v) is 11.2. The highest BCUT2D eigenvalue weighted by Gasteiger charge is 2.23. The van der Waals surface area contributed by atoms with Gasteiger partial charge in [0, 0.05) is 30.8 Å². The van der Waals surface area contributed by atoms with Gasteiger partial charge in [0.05, 0.1) is 18.2 Å². The van der Waals surface area contributed by atoms with E-state index in [0.29, 0.717) is 29.1 Å². The first-order valence-electron chi connectivity index (χ1n) is 9.66. The Morgan fingerprint density at radius 1 is 1.38 bits per heavy atom. The van der Waals surface area contributed by atoms with Crippen LogP contribution >= 0.6 is 7.82 Å². The highest BCUT2D eigenvalue weighted by atomic mass is 31.2. The number of carbonyl (C=O) groups is 1. The van der Waals surface area contributed by atoms with E-state index in [1.807, 2.05) is 6.07 Å². The standard InChI is InChI=1S/C20H21FN5O5P/c1-25-18(20(27)22-9-14-4-2-3-5-16(14)21)8-13-6-7-17(24-19(13)25)15-10-23-26(11-15)12-31-32(28,29)30/h2-8,10,15H,9,11-12H2,1H3,(H,22,27)(H2,28,29,30)/p-1. The molecule has 2 atom stereocenters. The number of nitrogens with zero attached hydrogens (tertiary/aromatic N) is 4. The van der Waals surface area contributed by atoms with Crippen LogP contribution in [0.1, 0.15) is 27.7 Å². The number of benzene rings is 1. The Morgan fingerprint density at radius 3 is 2.91 bits per heavy atom. The molecular formula is C20H20FN5O5P-. The molecule has 1 aromatic carbocycles. The van der Waals surface area contributed by atoms with E-state index >= 15 is 0 Å². The van der Waals surface area contributed by atoms with E-state index in [-0.39, 0.29) is 24.2 Å². The number of pyridine rings is 1. The number of phosphoric ester groups is 1. The second-order valence-electron chi connectivity index (χ2n) is 7.30. The number of amides is 1. The minimum atomic E-state index is -4.83. The maximum atomic E-state index is 13.8. The smallest absolute Gasteiger partial charge is 0.268 e. The van der Waals surface area contributed by atoms with E-state index in [1.54, 1.807) is 48.2 Å². The van der Waals surface area contributed by atoms with Crippen LogP contribution in [-0.2, 0) is 22.7 Å². The zero-order chi connectivity index (χ0) is 22.9. The van der Waals surface area contributed by atoms with Crippen LogP contribution in [-0.4, -0.2) is 44.9 Å². The molecule has 2 N–H and O–H groups in total. The third-order valence-corrected chi connectivity index (χ3v) is 5.54. The molecule has 32 heavy (non-hydrogen) atoms. The molecule has 0 bridgehead atoms. The SMILES string of the molecule is Cn1c(C(=O)NCc2ccccc2F)cc2ccc(C3C=NN(COP(=O)([O-])O)C3)nc21. The number of phosphoric acid groups is 1.